The fraction of sp³-hybridized carbons (Fsp3) is 0.538. The van der Waals surface area contributed by atoms with E-state index < -0.39 is 11.7 Å². The molecule has 1 unspecified atom stereocenters. The summed E-state index contributed by atoms with van der Waals surface area (Å²) < 4.78 is 5.90. The molecule has 1 amide bonds. The van der Waals surface area contributed by atoms with Crippen LogP contribution in [-0.4, -0.2) is 11.7 Å². The molecule has 18 heavy (non-hydrogen) atoms. The molecule has 1 aromatic rings. The molecule has 0 spiro atoms. The third-order valence-electron chi connectivity index (χ3n) is 2.30. The number of hydrogen-bond acceptors (Lipinski definition) is 3. The number of carbonyl (C=O) groups excluding carboxylic acids is 1. The van der Waals surface area contributed by atoms with Crippen molar-refractivity contribution in [2.45, 2.75) is 45.8 Å². The summed E-state index contributed by atoms with van der Waals surface area (Å²) in [5.74, 6) is 0. The lowest BCUT2D eigenvalue weighted by Crippen LogP contribution is -2.36. The van der Waals surface area contributed by atoms with Gasteiger partial charge in [-0.05, 0) is 33.3 Å². The van der Waals surface area contributed by atoms with Gasteiger partial charge >= 0.3 is 6.09 Å². The van der Waals surface area contributed by atoms with E-state index in [0.717, 1.165) is 10.3 Å². The number of nitrogens with zero attached hydrogens (tertiary/aromatic N) is 1. The Bertz CT molecular complexity index is 413. The molecule has 5 heteroatoms. The number of rotatable bonds is 3. The number of hydrogen-bond donors (Lipinski definition) is 1. The maximum atomic E-state index is 11.7. The maximum Gasteiger partial charge on any atom is 0.408 e. The summed E-state index contributed by atoms with van der Waals surface area (Å²) in [5.41, 5.74) is 0.234. The van der Waals surface area contributed by atoms with E-state index in [1.807, 2.05) is 27.7 Å². The van der Waals surface area contributed by atoms with Gasteiger partial charge in [-0.3, -0.25) is 0 Å². The minimum atomic E-state index is -0.530. The largest absolute Gasteiger partial charge is 0.619 e. The average molecular weight is 252 g/mol. The number of ether oxygens (including phenoxy) is 1. The van der Waals surface area contributed by atoms with Gasteiger partial charge in [0.05, 0.1) is 6.04 Å². The summed E-state index contributed by atoms with van der Waals surface area (Å²) in [7, 11) is 0. The van der Waals surface area contributed by atoms with Crippen LogP contribution in [0.25, 0.3) is 0 Å². The van der Waals surface area contributed by atoms with E-state index in [0.29, 0.717) is 6.42 Å². The van der Waals surface area contributed by atoms with Crippen molar-refractivity contribution in [3.05, 3.63) is 35.3 Å². The molecule has 1 rings (SSSR count). The predicted molar refractivity (Wildman–Crippen MR) is 67.8 cm³/mol. The molecule has 1 heterocycles. The van der Waals surface area contributed by atoms with Crippen LogP contribution in [0.4, 0.5) is 4.79 Å². The van der Waals surface area contributed by atoms with Crippen LogP contribution < -0.4 is 10.0 Å². The van der Waals surface area contributed by atoms with Gasteiger partial charge in [-0.15, -0.1) is 0 Å². The number of amides is 1. The van der Waals surface area contributed by atoms with E-state index in [9.17, 15) is 10.0 Å². The zero-order valence-corrected chi connectivity index (χ0v) is 11.3. The van der Waals surface area contributed by atoms with Gasteiger partial charge in [0.15, 0.2) is 12.4 Å². The van der Waals surface area contributed by atoms with Crippen molar-refractivity contribution in [3.63, 3.8) is 0 Å². The minimum absolute atomic E-state index is 0.221. The molecule has 0 radical (unpaired) electrons. The highest BCUT2D eigenvalue weighted by atomic mass is 16.6. The maximum absolute atomic E-state index is 11.7. The molecule has 100 valence electrons. The second-order valence-electron chi connectivity index (χ2n) is 5.10. The van der Waals surface area contributed by atoms with Gasteiger partial charge in [0.25, 0.3) is 0 Å². The summed E-state index contributed by atoms with van der Waals surface area (Å²) in [6.07, 6.45) is 3.06. The second kappa shape index (κ2) is 5.71. The second-order valence-corrected chi connectivity index (χ2v) is 5.10. The fourth-order valence-electron chi connectivity index (χ4n) is 1.55. The highest BCUT2D eigenvalue weighted by Gasteiger charge is 2.20. The molecule has 0 bridgehead atoms. The molecular formula is C13H20N2O3. The molecule has 0 saturated heterocycles. The lowest BCUT2D eigenvalue weighted by Gasteiger charge is -2.22. The van der Waals surface area contributed by atoms with Gasteiger partial charge in [-0.25, -0.2) is 4.79 Å². The first-order chi connectivity index (χ1) is 8.31. The van der Waals surface area contributed by atoms with Crippen molar-refractivity contribution in [2.24, 2.45) is 0 Å². The Hall–Kier alpha value is -1.78. The van der Waals surface area contributed by atoms with Crippen molar-refractivity contribution in [2.75, 3.05) is 0 Å². The van der Waals surface area contributed by atoms with Crippen molar-refractivity contribution >= 4 is 6.09 Å². The Kier molecular flexibility index (Phi) is 4.53. The zero-order valence-electron chi connectivity index (χ0n) is 11.3. The van der Waals surface area contributed by atoms with Crippen LogP contribution in [0.15, 0.2) is 24.5 Å². The molecule has 0 saturated carbocycles. The first-order valence-corrected chi connectivity index (χ1v) is 6.00. The van der Waals surface area contributed by atoms with Crippen LogP contribution in [0.2, 0.25) is 0 Å². The first kappa shape index (κ1) is 14.3. The first-order valence-electron chi connectivity index (χ1n) is 6.00. The minimum Gasteiger partial charge on any atom is -0.619 e. The summed E-state index contributed by atoms with van der Waals surface area (Å²) in [6.45, 7) is 7.36. The lowest BCUT2D eigenvalue weighted by atomic mass is 10.1. The van der Waals surface area contributed by atoms with Crippen LogP contribution in [-0.2, 0) is 4.74 Å². The summed E-state index contributed by atoms with van der Waals surface area (Å²) >= 11 is 0. The summed E-state index contributed by atoms with van der Waals surface area (Å²) in [4.78, 5) is 11.7. The van der Waals surface area contributed by atoms with Crippen LogP contribution in [0, 0.1) is 5.21 Å². The molecule has 0 aromatic carbocycles. The smallest absolute Gasteiger partial charge is 0.408 e. The number of aromatic nitrogens is 1. The lowest BCUT2D eigenvalue weighted by molar-refractivity contribution is -0.606. The summed E-state index contributed by atoms with van der Waals surface area (Å²) in [5, 5.41) is 14.0. The molecule has 0 fully saturated rings. The highest BCUT2D eigenvalue weighted by Crippen LogP contribution is 2.16. The van der Waals surface area contributed by atoms with Gasteiger partial charge < -0.3 is 15.3 Å². The van der Waals surface area contributed by atoms with E-state index in [1.165, 1.54) is 12.4 Å². The van der Waals surface area contributed by atoms with Crippen LogP contribution in [0.3, 0.4) is 0 Å². The van der Waals surface area contributed by atoms with Crippen molar-refractivity contribution in [1.29, 1.82) is 0 Å². The molecule has 0 aliphatic heterocycles. The predicted octanol–water partition coefficient (Wildman–Crippen LogP) is 2.30. The Morgan fingerprint density at radius 3 is 2.72 bits per heavy atom. The average Bonchev–Trinajstić information content (AvgIpc) is 2.23. The Morgan fingerprint density at radius 1 is 1.56 bits per heavy atom. The van der Waals surface area contributed by atoms with Crippen LogP contribution in [0.1, 0.15) is 45.7 Å². The van der Waals surface area contributed by atoms with Crippen molar-refractivity contribution < 1.29 is 14.3 Å². The molecule has 1 aromatic heterocycles. The van der Waals surface area contributed by atoms with Gasteiger partial charge in [-0.2, -0.15) is 4.73 Å². The quantitative estimate of drug-likeness (QED) is 0.663. The topological polar surface area (TPSA) is 65.3 Å². The SMILES string of the molecule is CCC(NC(=O)OC(C)(C)C)c1ccc[n+]([O-])c1. The van der Waals surface area contributed by atoms with E-state index in [1.54, 1.807) is 12.1 Å². The highest BCUT2D eigenvalue weighted by molar-refractivity contribution is 5.68. The Balaban J connectivity index is 2.71. The van der Waals surface area contributed by atoms with Crippen LogP contribution in [0.5, 0.6) is 0 Å². The monoisotopic (exact) mass is 252 g/mol. The van der Waals surface area contributed by atoms with Gasteiger partial charge in [-0.1, -0.05) is 6.92 Å². The van der Waals surface area contributed by atoms with E-state index in [4.69, 9.17) is 4.74 Å². The van der Waals surface area contributed by atoms with Gasteiger partial charge in [0, 0.05) is 11.6 Å². The third-order valence-corrected chi connectivity index (χ3v) is 2.30. The third kappa shape index (κ3) is 4.61. The standard InChI is InChI=1S/C13H20N2O3/c1-5-11(10-7-6-8-15(17)9-10)14-12(16)18-13(2,3)4/h6-9,11H,5H2,1-4H3,(H,14,16). The van der Waals surface area contributed by atoms with Crippen molar-refractivity contribution in [3.8, 4) is 0 Å². The Labute approximate surface area is 107 Å². The Morgan fingerprint density at radius 2 is 2.22 bits per heavy atom. The molecule has 0 aliphatic rings. The molecule has 1 N–H and O–H groups in total. The molecule has 5 nitrogen and oxygen atoms in total. The molecular weight excluding hydrogens is 232 g/mol. The number of carbonyl (C=O) groups is 1. The van der Waals surface area contributed by atoms with Crippen LogP contribution >= 0.6 is 0 Å². The van der Waals surface area contributed by atoms with E-state index in [2.05, 4.69) is 5.32 Å². The normalized spacial score (nSPS) is 12.9. The van der Waals surface area contributed by atoms with Gasteiger partial charge in [0.1, 0.15) is 5.60 Å². The fourth-order valence-corrected chi connectivity index (χ4v) is 1.55. The number of nitrogens with one attached hydrogen (secondary N) is 1. The number of alkyl carbamates (subject to hydrolysis) is 1. The zero-order chi connectivity index (χ0) is 13.8. The van der Waals surface area contributed by atoms with Gasteiger partial charge in [0.2, 0.25) is 0 Å². The van der Waals surface area contributed by atoms with E-state index in [-0.39, 0.29) is 6.04 Å². The molecule has 1 atom stereocenters. The van der Waals surface area contributed by atoms with Crippen molar-refractivity contribution in [1.82, 2.24) is 5.32 Å². The summed E-state index contributed by atoms with van der Waals surface area (Å²) in [6, 6.07) is 3.24. The van der Waals surface area contributed by atoms with E-state index >= 15 is 0 Å². The molecule has 0 aliphatic carbocycles. The number of pyridine rings is 1.